The van der Waals surface area contributed by atoms with E-state index in [4.69, 9.17) is 10.5 Å². The molecular formula is C16H26N2O. The lowest BCUT2D eigenvalue weighted by Crippen LogP contribution is -2.48. The molecule has 0 bridgehead atoms. The van der Waals surface area contributed by atoms with Crippen molar-refractivity contribution in [1.82, 2.24) is 4.90 Å². The van der Waals surface area contributed by atoms with Gasteiger partial charge in [-0.2, -0.15) is 0 Å². The Hall–Kier alpha value is -0.900. The van der Waals surface area contributed by atoms with Gasteiger partial charge in [0.05, 0.1) is 12.7 Å². The zero-order chi connectivity index (χ0) is 13.8. The Morgan fingerprint density at radius 3 is 2.89 bits per heavy atom. The highest BCUT2D eigenvalue weighted by atomic mass is 16.5. The topological polar surface area (TPSA) is 38.5 Å². The van der Waals surface area contributed by atoms with Gasteiger partial charge in [-0.1, -0.05) is 36.8 Å². The number of ether oxygens (including phenoxy) is 1. The maximum absolute atomic E-state index is 6.25. The molecule has 0 saturated carbocycles. The molecule has 1 fully saturated rings. The first-order valence-corrected chi connectivity index (χ1v) is 7.29. The van der Waals surface area contributed by atoms with Crippen LogP contribution in [0.15, 0.2) is 24.3 Å². The van der Waals surface area contributed by atoms with Gasteiger partial charge in [-0.15, -0.1) is 0 Å². The molecule has 1 aliphatic heterocycles. The molecule has 3 nitrogen and oxygen atoms in total. The minimum atomic E-state index is 0.123. The van der Waals surface area contributed by atoms with Crippen molar-refractivity contribution in [2.75, 3.05) is 19.7 Å². The van der Waals surface area contributed by atoms with E-state index in [2.05, 4.69) is 49.9 Å². The van der Waals surface area contributed by atoms with Crippen molar-refractivity contribution in [1.29, 1.82) is 0 Å². The standard InChI is InChI=1S/C16H26N2O/c1-4-15-11-18(8-9-19-15)16(13(3)17)14-7-5-6-12(2)10-14/h5-7,10,13,15-16H,4,8-9,11,17H2,1-3H3. The van der Waals surface area contributed by atoms with Gasteiger partial charge in [0.2, 0.25) is 0 Å². The van der Waals surface area contributed by atoms with Crippen LogP contribution in [0.3, 0.4) is 0 Å². The lowest BCUT2D eigenvalue weighted by Gasteiger charge is -2.40. The molecule has 1 aromatic carbocycles. The van der Waals surface area contributed by atoms with Gasteiger partial charge in [-0.25, -0.2) is 0 Å². The third-order valence-electron chi connectivity index (χ3n) is 3.90. The minimum Gasteiger partial charge on any atom is -0.376 e. The van der Waals surface area contributed by atoms with Gasteiger partial charge >= 0.3 is 0 Å². The predicted octanol–water partition coefficient (Wildman–Crippen LogP) is 2.49. The third kappa shape index (κ3) is 3.56. The first-order chi connectivity index (χ1) is 9.11. The average Bonchev–Trinajstić information content (AvgIpc) is 2.39. The predicted molar refractivity (Wildman–Crippen MR) is 79.2 cm³/mol. The Labute approximate surface area is 116 Å². The van der Waals surface area contributed by atoms with E-state index in [1.54, 1.807) is 0 Å². The van der Waals surface area contributed by atoms with E-state index in [9.17, 15) is 0 Å². The number of morpholine rings is 1. The summed E-state index contributed by atoms with van der Waals surface area (Å²) in [5, 5.41) is 0. The molecule has 0 aliphatic carbocycles. The van der Waals surface area contributed by atoms with Crippen LogP contribution in [0.5, 0.6) is 0 Å². The summed E-state index contributed by atoms with van der Waals surface area (Å²) in [6.07, 6.45) is 1.41. The lowest BCUT2D eigenvalue weighted by atomic mass is 9.96. The smallest absolute Gasteiger partial charge is 0.0700 e. The second-order valence-corrected chi connectivity index (χ2v) is 5.61. The van der Waals surface area contributed by atoms with Gasteiger partial charge in [-0.05, 0) is 25.8 Å². The van der Waals surface area contributed by atoms with Crippen molar-refractivity contribution in [3.8, 4) is 0 Å². The fourth-order valence-electron chi connectivity index (χ4n) is 2.94. The molecule has 3 atom stereocenters. The Morgan fingerprint density at radius 1 is 1.47 bits per heavy atom. The number of aryl methyl sites for hydroxylation is 1. The van der Waals surface area contributed by atoms with Crippen molar-refractivity contribution in [3.63, 3.8) is 0 Å². The normalized spacial score (nSPS) is 24.1. The molecule has 1 saturated heterocycles. The summed E-state index contributed by atoms with van der Waals surface area (Å²) in [7, 11) is 0. The summed E-state index contributed by atoms with van der Waals surface area (Å²) in [6, 6.07) is 9.12. The van der Waals surface area contributed by atoms with Crippen molar-refractivity contribution in [2.24, 2.45) is 5.73 Å². The molecule has 0 spiro atoms. The summed E-state index contributed by atoms with van der Waals surface area (Å²) in [6.45, 7) is 9.18. The van der Waals surface area contributed by atoms with Crippen molar-refractivity contribution < 1.29 is 4.74 Å². The number of hydrogen-bond acceptors (Lipinski definition) is 3. The first-order valence-electron chi connectivity index (χ1n) is 7.29. The highest BCUT2D eigenvalue weighted by molar-refractivity contribution is 5.26. The molecule has 2 N–H and O–H groups in total. The molecule has 0 radical (unpaired) electrons. The molecule has 19 heavy (non-hydrogen) atoms. The van der Waals surface area contributed by atoms with Crippen LogP contribution < -0.4 is 5.73 Å². The highest BCUT2D eigenvalue weighted by Crippen LogP contribution is 2.26. The molecule has 1 aromatic rings. The van der Waals surface area contributed by atoms with Gasteiger partial charge in [0.15, 0.2) is 0 Å². The van der Waals surface area contributed by atoms with Crippen molar-refractivity contribution in [3.05, 3.63) is 35.4 Å². The summed E-state index contributed by atoms with van der Waals surface area (Å²) in [5.74, 6) is 0. The van der Waals surface area contributed by atoms with Gasteiger partial charge in [0.25, 0.3) is 0 Å². The largest absolute Gasteiger partial charge is 0.376 e. The SMILES string of the molecule is CCC1CN(C(c2cccc(C)c2)C(C)N)CCO1. The quantitative estimate of drug-likeness (QED) is 0.906. The van der Waals surface area contributed by atoms with Crippen molar-refractivity contribution >= 4 is 0 Å². The number of hydrogen-bond donors (Lipinski definition) is 1. The van der Waals surface area contributed by atoms with Crippen LogP contribution in [0.25, 0.3) is 0 Å². The van der Waals surface area contributed by atoms with Crippen LogP contribution in [-0.2, 0) is 4.74 Å². The van der Waals surface area contributed by atoms with Crippen LogP contribution in [0.2, 0.25) is 0 Å². The zero-order valence-corrected chi connectivity index (χ0v) is 12.3. The van der Waals surface area contributed by atoms with Crippen LogP contribution in [0, 0.1) is 6.92 Å². The average molecular weight is 262 g/mol. The first kappa shape index (κ1) is 14.5. The molecule has 2 rings (SSSR count). The Morgan fingerprint density at radius 2 is 2.26 bits per heavy atom. The molecule has 3 heteroatoms. The molecule has 106 valence electrons. The third-order valence-corrected chi connectivity index (χ3v) is 3.90. The van der Waals surface area contributed by atoms with Crippen LogP contribution in [0.4, 0.5) is 0 Å². The van der Waals surface area contributed by atoms with E-state index in [1.165, 1.54) is 11.1 Å². The van der Waals surface area contributed by atoms with Gasteiger partial charge < -0.3 is 10.5 Å². The fraction of sp³-hybridized carbons (Fsp3) is 0.625. The van der Waals surface area contributed by atoms with E-state index < -0.39 is 0 Å². The lowest BCUT2D eigenvalue weighted by molar-refractivity contribution is -0.0477. The van der Waals surface area contributed by atoms with Gasteiger partial charge in [0, 0.05) is 25.2 Å². The molecular weight excluding hydrogens is 236 g/mol. The monoisotopic (exact) mass is 262 g/mol. The zero-order valence-electron chi connectivity index (χ0n) is 12.3. The molecule has 0 amide bonds. The second kappa shape index (κ2) is 6.51. The second-order valence-electron chi connectivity index (χ2n) is 5.61. The molecule has 1 heterocycles. The maximum Gasteiger partial charge on any atom is 0.0700 e. The van der Waals surface area contributed by atoms with Crippen molar-refractivity contribution in [2.45, 2.75) is 45.4 Å². The minimum absolute atomic E-state index is 0.123. The van der Waals surface area contributed by atoms with E-state index >= 15 is 0 Å². The van der Waals surface area contributed by atoms with E-state index in [0.29, 0.717) is 6.10 Å². The van der Waals surface area contributed by atoms with Gasteiger partial charge in [-0.3, -0.25) is 4.90 Å². The van der Waals surface area contributed by atoms with Crippen LogP contribution in [0.1, 0.15) is 37.4 Å². The van der Waals surface area contributed by atoms with E-state index in [0.717, 1.165) is 26.1 Å². The summed E-state index contributed by atoms with van der Waals surface area (Å²) in [5.41, 5.74) is 8.87. The highest BCUT2D eigenvalue weighted by Gasteiger charge is 2.28. The Bertz CT molecular complexity index is 405. The summed E-state index contributed by atoms with van der Waals surface area (Å²) >= 11 is 0. The fourth-order valence-corrected chi connectivity index (χ4v) is 2.94. The Balaban J connectivity index is 2.20. The summed E-state index contributed by atoms with van der Waals surface area (Å²) < 4.78 is 5.76. The Kier molecular flexibility index (Phi) is 4.97. The van der Waals surface area contributed by atoms with E-state index in [-0.39, 0.29) is 12.1 Å². The molecule has 3 unspecified atom stereocenters. The number of benzene rings is 1. The molecule has 0 aromatic heterocycles. The number of nitrogens with zero attached hydrogens (tertiary/aromatic N) is 1. The van der Waals surface area contributed by atoms with Gasteiger partial charge in [0.1, 0.15) is 0 Å². The summed E-state index contributed by atoms with van der Waals surface area (Å²) in [4.78, 5) is 2.48. The van der Waals surface area contributed by atoms with Crippen LogP contribution in [-0.4, -0.2) is 36.7 Å². The number of nitrogens with two attached hydrogens (primary N) is 1. The van der Waals surface area contributed by atoms with E-state index in [1.807, 2.05) is 0 Å². The number of rotatable bonds is 4. The van der Waals surface area contributed by atoms with Crippen LogP contribution >= 0.6 is 0 Å². The molecule has 1 aliphatic rings. The maximum atomic E-state index is 6.25.